The van der Waals surface area contributed by atoms with Gasteiger partial charge < -0.3 is 15.5 Å². The number of nitrogens with zero attached hydrogens (tertiary/aromatic N) is 3. The van der Waals surface area contributed by atoms with Gasteiger partial charge in [-0.3, -0.25) is 4.79 Å². The molecule has 1 aliphatic rings. The Morgan fingerprint density at radius 2 is 1.90 bits per heavy atom. The fourth-order valence-electron chi connectivity index (χ4n) is 2.21. The van der Waals surface area contributed by atoms with Crippen molar-refractivity contribution in [2.75, 3.05) is 36.8 Å². The molecule has 21 heavy (non-hydrogen) atoms. The summed E-state index contributed by atoms with van der Waals surface area (Å²) >= 11 is 0. The number of carbonyl (C=O) groups excluding carboxylic acids is 1. The zero-order chi connectivity index (χ0) is 15.5. The highest BCUT2D eigenvalue weighted by atomic mass is 19.4. The van der Waals surface area contributed by atoms with Crippen LogP contribution >= 0.6 is 0 Å². The normalized spacial score (nSPS) is 16.1. The van der Waals surface area contributed by atoms with E-state index in [0.29, 0.717) is 32.0 Å². The lowest BCUT2D eigenvalue weighted by molar-refractivity contribution is -0.149. The smallest absolute Gasteiger partial charge is 0.384 e. The van der Waals surface area contributed by atoms with E-state index in [9.17, 15) is 18.0 Å². The molecule has 1 aromatic heterocycles. The highest BCUT2D eigenvalue weighted by molar-refractivity contribution is 5.76. The summed E-state index contributed by atoms with van der Waals surface area (Å²) in [6.45, 7) is 1.98. The molecular weight excluding hydrogens is 285 g/mol. The maximum Gasteiger partial charge on any atom is 0.389 e. The third-order valence-electron chi connectivity index (χ3n) is 3.39. The maximum absolute atomic E-state index is 12.1. The van der Waals surface area contributed by atoms with E-state index >= 15 is 0 Å². The molecular formula is C13H17F3N4O. The number of anilines is 2. The molecule has 1 aliphatic heterocycles. The molecule has 0 unspecified atom stereocenters. The van der Waals surface area contributed by atoms with Crippen molar-refractivity contribution in [3.05, 3.63) is 18.3 Å². The van der Waals surface area contributed by atoms with Crippen molar-refractivity contribution in [2.24, 2.45) is 0 Å². The summed E-state index contributed by atoms with van der Waals surface area (Å²) in [5.74, 6) is -0.0119. The quantitative estimate of drug-likeness (QED) is 0.922. The van der Waals surface area contributed by atoms with E-state index in [4.69, 9.17) is 5.73 Å². The van der Waals surface area contributed by atoms with Gasteiger partial charge in [0.05, 0.1) is 18.3 Å². The van der Waals surface area contributed by atoms with Gasteiger partial charge in [-0.05, 0) is 12.1 Å². The molecule has 0 radical (unpaired) electrons. The number of aromatic nitrogens is 1. The van der Waals surface area contributed by atoms with Gasteiger partial charge in [-0.15, -0.1) is 0 Å². The van der Waals surface area contributed by atoms with E-state index in [1.807, 2.05) is 11.0 Å². The largest absolute Gasteiger partial charge is 0.389 e. The Balaban J connectivity index is 1.82. The lowest BCUT2D eigenvalue weighted by Gasteiger charge is -2.36. The van der Waals surface area contributed by atoms with Crippen LogP contribution in [0, 0.1) is 0 Å². The van der Waals surface area contributed by atoms with Crippen LogP contribution in [0.15, 0.2) is 18.3 Å². The number of nitrogen functional groups attached to an aromatic ring is 1. The first-order chi connectivity index (χ1) is 9.85. The first-order valence-corrected chi connectivity index (χ1v) is 6.66. The molecule has 0 atom stereocenters. The van der Waals surface area contributed by atoms with Gasteiger partial charge in [0.1, 0.15) is 5.82 Å². The molecule has 0 bridgehead atoms. The average Bonchev–Trinajstić information content (AvgIpc) is 2.45. The monoisotopic (exact) mass is 302 g/mol. The molecule has 1 fully saturated rings. The SMILES string of the molecule is Nc1ccc(N2CCN(C(=O)CCC(F)(F)F)CC2)cn1. The number of carbonyl (C=O) groups is 1. The third-order valence-corrected chi connectivity index (χ3v) is 3.39. The van der Waals surface area contributed by atoms with Crippen molar-refractivity contribution in [3.8, 4) is 0 Å². The molecule has 0 spiro atoms. The second-order valence-corrected chi connectivity index (χ2v) is 4.92. The van der Waals surface area contributed by atoms with Gasteiger partial charge in [-0.1, -0.05) is 0 Å². The van der Waals surface area contributed by atoms with Crippen LogP contribution in [0.2, 0.25) is 0 Å². The molecule has 2 rings (SSSR count). The molecule has 1 saturated heterocycles. The van der Waals surface area contributed by atoms with Crippen molar-refractivity contribution in [3.63, 3.8) is 0 Å². The summed E-state index contributed by atoms with van der Waals surface area (Å²) in [7, 11) is 0. The van der Waals surface area contributed by atoms with E-state index < -0.39 is 24.9 Å². The van der Waals surface area contributed by atoms with E-state index in [1.165, 1.54) is 4.90 Å². The fourth-order valence-corrected chi connectivity index (χ4v) is 2.21. The van der Waals surface area contributed by atoms with Gasteiger partial charge in [0.25, 0.3) is 0 Å². The predicted octanol–water partition coefficient (Wildman–Crippen LogP) is 1.65. The van der Waals surface area contributed by atoms with E-state index in [-0.39, 0.29) is 0 Å². The summed E-state index contributed by atoms with van der Waals surface area (Å²) in [6, 6.07) is 3.53. The number of amides is 1. The Morgan fingerprint density at radius 3 is 2.43 bits per heavy atom. The molecule has 0 saturated carbocycles. The van der Waals surface area contributed by atoms with E-state index in [2.05, 4.69) is 4.98 Å². The second kappa shape index (κ2) is 6.19. The van der Waals surface area contributed by atoms with Crippen LogP contribution in [-0.2, 0) is 4.79 Å². The van der Waals surface area contributed by atoms with Gasteiger partial charge >= 0.3 is 6.18 Å². The zero-order valence-corrected chi connectivity index (χ0v) is 11.4. The van der Waals surface area contributed by atoms with Crippen molar-refractivity contribution in [1.82, 2.24) is 9.88 Å². The number of alkyl halides is 3. The Bertz CT molecular complexity index is 481. The number of piperazine rings is 1. The summed E-state index contributed by atoms with van der Waals surface area (Å²) in [5, 5.41) is 0. The lowest BCUT2D eigenvalue weighted by Crippen LogP contribution is -2.49. The fraction of sp³-hybridized carbons (Fsp3) is 0.538. The molecule has 5 nitrogen and oxygen atoms in total. The lowest BCUT2D eigenvalue weighted by atomic mass is 10.2. The third kappa shape index (κ3) is 4.51. The summed E-state index contributed by atoms with van der Waals surface area (Å²) < 4.78 is 36.3. The van der Waals surface area contributed by atoms with Gasteiger partial charge in [0.15, 0.2) is 0 Å². The first-order valence-electron chi connectivity index (χ1n) is 6.66. The number of pyridine rings is 1. The zero-order valence-electron chi connectivity index (χ0n) is 11.4. The highest BCUT2D eigenvalue weighted by Gasteiger charge is 2.30. The molecule has 116 valence electrons. The van der Waals surface area contributed by atoms with Crippen molar-refractivity contribution >= 4 is 17.4 Å². The van der Waals surface area contributed by atoms with Crippen LogP contribution in [-0.4, -0.2) is 48.1 Å². The van der Waals surface area contributed by atoms with Crippen molar-refractivity contribution in [1.29, 1.82) is 0 Å². The molecule has 0 aromatic carbocycles. The highest BCUT2D eigenvalue weighted by Crippen LogP contribution is 2.22. The first kappa shape index (κ1) is 15.4. The van der Waals surface area contributed by atoms with Crippen molar-refractivity contribution < 1.29 is 18.0 Å². The van der Waals surface area contributed by atoms with Crippen LogP contribution in [0.3, 0.4) is 0 Å². The topological polar surface area (TPSA) is 62.5 Å². The standard InChI is InChI=1S/C13H17F3N4O/c14-13(15,16)4-3-12(21)20-7-5-19(6-8-20)10-1-2-11(17)18-9-10/h1-2,9H,3-8H2,(H2,17,18). The number of halogens is 3. The molecule has 0 aliphatic carbocycles. The van der Waals surface area contributed by atoms with E-state index in [0.717, 1.165) is 5.69 Å². The maximum atomic E-state index is 12.1. The van der Waals surface area contributed by atoms with Crippen LogP contribution in [0.4, 0.5) is 24.7 Å². The Kier molecular flexibility index (Phi) is 4.54. The van der Waals surface area contributed by atoms with E-state index in [1.54, 1.807) is 12.3 Å². The minimum absolute atomic E-state index is 0.418. The van der Waals surface area contributed by atoms with Crippen LogP contribution in [0.1, 0.15) is 12.8 Å². The second-order valence-electron chi connectivity index (χ2n) is 4.92. The number of hydrogen-bond donors (Lipinski definition) is 1. The molecule has 2 N–H and O–H groups in total. The Labute approximate surface area is 120 Å². The average molecular weight is 302 g/mol. The van der Waals surface area contributed by atoms with Crippen molar-refractivity contribution in [2.45, 2.75) is 19.0 Å². The van der Waals surface area contributed by atoms with Crippen LogP contribution in [0.25, 0.3) is 0 Å². The molecule has 1 amide bonds. The van der Waals surface area contributed by atoms with Crippen LogP contribution in [0.5, 0.6) is 0 Å². The predicted molar refractivity (Wildman–Crippen MR) is 72.7 cm³/mol. The number of hydrogen-bond acceptors (Lipinski definition) is 4. The summed E-state index contributed by atoms with van der Waals surface area (Å²) in [6.07, 6.45) is -4.18. The van der Waals surface area contributed by atoms with Gasteiger partial charge in [0.2, 0.25) is 5.91 Å². The Hall–Kier alpha value is -1.99. The molecule has 2 heterocycles. The van der Waals surface area contributed by atoms with Gasteiger partial charge in [0, 0.05) is 32.6 Å². The number of nitrogens with two attached hydrogens (primary N) is 1. The summed E-state index contributed by atoms with van der Waals surface area (Å²) in [5.41, 5.74) is 6.41. The minimum Gasteiger partial charge on any atom is -0.384 e. The molecule has 1 aromatic rings. The van der Waals surface area contributed by atoms with Gasteiger partial charge in [-0.2, -0.15) is 13.2 Å². The molecule has 8 heteroatoms. The number of rotatable bonds is 3. The van der Waals surface area contributed by atoms with Gasteiger partial charge in [-0.25, -0.2) is 4.98 Å². The van der Waals surface area contributed by atoms with Crippen LogP contribution < -0.4 is 10.6 Å². The summed E-state index contributed by atoms with van der Waals surface area (Å²) in [4.78, 5) is 19.2. The Morgan fingerprint density at radius 1 is 1.24 bits per heavy atom. The minimum atomic E-state index is -4.28.